The van der Waals surface area contributed by atoms with E-state index in [2.05, 4.69) is 12.1 Å². The summed E-state index contributed by atoms with van der Waals surface area (Å²) >= 11 is 1.94. The first-order valence-corrected chi connectivity index (χ1v) is 5.15. The van der Waals surface area contributed by atoms with Gasteiger partial charge in [-0.25, -0.2) is 0 Å². The first-order valence-electron chi connectivity index (χ1n) is 3.99. The van der Waals surface area contributed by atoms with Gasteiger partial charge in [0.15, 0.2) is 0 Å². The molecule has 0 bridgehead atoms. The Morgan fingerprint density at radius 1 is 1.25 bits per heavy atom. The van der Waals surface area contributed by atoms with E-state index in [0.717, 1.165) is 17.2 Å². The van der Waals surface area contributed by atoms with Crippen molar-refractivity contribution < 1.29 is 0 Å². The second-order valence-corrected chi connectivity index (χ2v) is 3.86. The number of nitrogen functional groups attached to an aromatic ring is 1. The average molecular weight is 177 g/mol. The van der Waals surface area contributed by atoms with Crippen molar-refractivity contribution in [3.63, 3.8) is 0 Å². The molecular formula is C10H11NS. The summed E-state index contributed by atoms with van der Waals surface area (Å²) < 4.78 is 0. The minimum absolute atomic E-state index is 0.895. The average Bonchev–Trinajstić information content (AvgIpc) is 2.57. The van der Waals surface area contributed by atoms with Crippen molar-refractivity contribution in [2.45, 2.75) is 0 Å². The van der Waals surface area contributed by atoms with Crippen molar-refractivity contribution in [2.75, 3.05) is 17.2 Å². The maximum Gasteiger partial charge on any atom is 0.0390 e. The topological polar surface area (TPSA) is 26.0 Å². The monoisotopic (exact) mass is 177 g/mol. The number of benzene rings is 1. The molecule has 0 saturated carbocycles. The zero-order chi connectivity index (χ0) is 8.39. The molecule has 0 fully saturated rings. The van der Waals surface area contributed by atoms with Gasteiger partial charge in [0.05, 0.1) is 0 Å². The lowest BCUT2D eigenvalue weighted by Gasteiger charge is -2.04. The standard InChI is InChI=1S/C10H11NS/c11-10-4-2-1-3-9(10)8-5-6-12-7-8/h1-5H,6-7,11H2. The first-order chi connectivity index (χ1) is 5.88. The Morgan fingerprint density at radius 3 is 2.75 bits per heavy atom. The summed E-state index contributed by atoms with van der Waals surface area (Å²) in [5.41, 5.74) is 9.34. The molecule has 12 heavy (non-hydrogen) atoms. The highest BCUT2D eigenvalue weighted by molar-refractivity contribution is 8.00. The summed E-state index contributed by atoms with van der Waals surface area (Å²) in [5, 5.41) is 0. The van der Waals surface area contributed by atoms with E-state index < -0.39 is 0 Å². The van der Waals surface area contributed by atoms with Crippen molar-refractivity contribution in [3.05, 3.63) is 35.9 Å². The largest absolute Gasteiger partial charge is 0.398 e. The van der Waals surface area contributed by atoms with Gasteiger partial charge in [-0.05, 0) is 11.6 Å². The molecule has 1 nitrogen and oxygen atoms in total. The first kappa shape index (κ1) is 7.74. The predicted molar refractivity (Wildman–Crippen MR) is 56.2 cm³/mol. The lowest BCUT2D eigenvalue weighted by molar-refractivity contribution is 1.57. The van der Waals surface area contributed by atoms with Crippen LogP contribution >= 0.6 is 11.8 Å². The maximum atomic E-state index is 5.85. The summed E-state index contributed by atoms with van der Waals surface area (Å²) in [6.45, 7) is 0. The van der Waals surface area contributed by atoms with Gasteiger partial charge >= 0.3 is 0 Å². The smallest absolute Gasteiger partial charge is 0.0390 e. The lowest BCUT2D eigenvalue weighted by Crippen LogP contribution is -1.92. The van der Waals surface area contributed by atoms with E-state index in [4.69, 9.17) is 5.73 Å². The van der Waals surface area contributed by atoms with Gasteiger partial charge in [0.2, 0.25) is 0 Å². The molecule has 1 heterocycles. The van der Waals surface area contributed by atoms with Gasteiger partial charge in [-0.3, -0.25) is 0 Å². The van der Waals surface area contributed by atoms with Crippen molar-refractivity contribution in [1.82, 2.24) is 0 Å². The van der Waals surface area contributed by atoms with Crippen LogP contribution in [0, 0.1) is 0 Å². The second kappa shape index (κ2) is 3.23. The van der Waals surface area contributed by atoms with E-state index >= 15 is 0 Å². The van der Waals surface area contributed by atoms with Crippen LogP contribution in [0.4, 0.5) is 5.69 Å². The van der Waals surface area contributed by atoms with Crippen LogP contribution in [0.2, 0.25) is 0 Å². The zero-order valence-corrected chi connectivity index (χ0v) is 7.60. The lowest BCUT2D eigenvalue weighted by atomic mass is 10.1. The molecule has 2 rings (SSSR count). The third kappa shape index (κ3) is 1.34. The number of nitrogens with two attached hydrogens (primary N) is 1. The highest BCUT2D eigenvalue weighted by atomic mass is 32.2. The molecule has 2 N–H and O–H groups in total. The van der Waals surface area contributed by atoms with E-state index in [1.165, 1.54) is 11.1 Å². The van der Waals surface area contributed by atoms with Gasteiger partial charge in [-0.2, -0.15) is 11.8 Å². The molecule has 2 heteroatoms. The minimum Gasteiger partial charge on any atom is -0.398 e. The van der Waals surface area contributed by atoms with Crippen molar-refractivity contribution in [2.24, 2.45) is 0 Å². The molecule has 0 aliphatic carbocycles. The van der Waals surface area contributed by atoms with Crippen LogP contribution in [-0.2, 0) is 0 Å². The number of para-hydroxylation sites is 1. The Labute approximate surface area is 76.7 Å². The van der Waals surface area contributed by atoms with E-state index in [0.29, 0.717) is 0 Å². The summed E-state index contributed by atoms with van der Waals surface area (Å²) in [6, 6.07) is 8.06. The fourth-order valence-corrected chi connectivity index (χ4v) is 2.29. The van der Waals surface area contributed by atoms with Crippen molar-refractivity contribution in [1.29, 1.82) is 0 Å². The number of hydrogen-bond donors (Lipinski definition) is 1. The van der Waals surface area contributed by atoms with Crippen molar-refractivity contribution >= 4 is 23.0 Å². The van der Waals surface area contributed by atoms with Gasteiger partial charge in [0.25, 0.3) is 0 Å². The van der Waals surface area contributed by atoms with Crippen LogP contribution in [-0.4, -0.2) is 11.5 Å². The quantitative estimate of drug-likeness (QED) is 0.667. The molecule has 1 aliphatic rings. The highest BCUT2D eigenvalue weighted by Gasteiger charge is 2.08. The van der Waals surface area contributed by atoms with E-state index in [1.54, 1.807) is 0 Å². The number of anilines is 1. The van der Waals surface area contributed by atoms with Crippen LogP contribution in [0.1, 0.15) is 5.56 Å². The maximum absolute atomic E-state index is 5.85. The van der Waals surface area contributed by atoms with Gasteiger partial charge in [-0.1, -0.05) is 24.3 Å². The third-order valence-electron chi connectivity index (χ3n) is 2.01. The summed E-state index contributed by atoms with van der Waals surface area (Å²) in [5.74, 6) is 2.23. The summed E-state index contributed by atoms with van der Waals surface area (Å²) in [4.78, 5) is 0. The van der Waals surface area contributed by atoms with Gasteiger partial charge in [0.1, 0.15) is 0 Å². The molecule has 0 spiro atoms. The van der Waals surface area contributed by atoms with Gasteiger partial charge < -0.3 is 5.73 Å². The summed E-state index contributed by atoms with van der Waals surface area (Å²) in [6.07, 6.45) is 2.26. The molecular weight excluding hydrogens is 166 g/mol. The minimum atomic E-state index is 0.895. The van der Waals surface area contributed by atoms with E-state index in [-0.39, 0.29) is 0 Å². The van der Waals surface area contributed by atoms with Crippen molar-refractivity contribution in [3.8, 4) is 0 Å². The molecule has 62 valence electrons. The Balaban J connectivity index is 2.39. The number of rotatable bonds is 1. The molecule has 0 amide bonds. The fourth-order valence-electron chi connectivity index (χ4n) is 1.36. The number of thioether (sulfide) groups is 1. The fraction of sp³-hybridized carbons (Fsp3) is 0.200. The normalized spacial score (nSPS) is 16.2. The Bertz CT molecular complexity index is 317. The van der Waals surface area contributed by atoms with Crippen LogP contribution in [0.15, 0.2) is 30.3 Å². The van der Waals surface area contributed by atoms with Crippen LogP contribution in [0.5, 0.6) is 0 Å². The van der Waals surface area contributed by atoms with Crippen LogP contribution in [0.3, 0.4) is 0 Å². The molecule has 0 unspecified atom stereocenters. The van der Waals surface area contributed by atoms with Gasteiger partial charge in [-0.15, -0.1) is 0 Å². The predicted octanol–water partition coefficient (Wildman–Crippen LogP) is 2.40. The Kier molecular flexibility index (Phi) is 2.09. The second-order valence-electron chi connectivity index (χ2n) is 2.83. The Morgan fingerprint density at radius 2 is 2.08 bits per heavy atom. The third-order valence-corrected chi connectivity index (χ3v) is 2.93. The van der Waals surface area contributed by atoms with Crippen LogP contribution in [0.25, 0.3) is 5.57 Å². The highest BCUT2D eigenvalue weighted by Crippen LogP contribution is 2.29. The molecule has 0 saturated heterocycles. The SMILES string of the molecule is Nc1ccccc1C1=CCSC1. The zero-order valence-electron chi connectivity index (χ0n) is 6.79. The molecule has 1 aromatic rings. The molecule has 1 aromatic carbocycles. The molecule has 0 atom stereocenters. The number of hydrogen-bond acceptors (Lipinski definition) is 2. The molecule has 0 aromatic heterocycles. The Hall–Kier alpha value is -0.890. The summed E-state index contributed by atoms with van der Waals surface area (Å²) in [7, 11) is 0. The van der Waals surface area contributed by atoms with Gasteiger partial charge in [0, 0.05) is 22.8 Å². The van der Waals surface area contributed by atoms with E-state index in [9.17, 15) is 0 Å². The van der Waals surface area contributed by atoms with Crippen LogP contribution < -0.4 is 5.73 Å². The molecule has 1 aliphatic heterocycles. The molecule has 0 radical (unpaired) electrons. The van der Waals surface area contributed by atoms with E-state index in [1.807, 2.05) is 30.0 Å².